The zero-order valence-corrected chi connectivity index (χ0v) is 11.5. The van der Waals surface area contributed by atoms with Gasteiger partial charge in [-0.15, -0.1) is 0 Å². The molecule has 1 atom stereocenters. The monoisotopic (exact) mass is 265 g/mol. The molecule has 0 saturated carbocycles. The molecule has 0 aromatic heterocycles. The van der Waals surface area contributed by atoms with E-state index in [1.807, 2.05) is 6.07 Å². The first kappa shape index (κ1) is 14.5. The average Bonchev–Trinajstić information content (AvgIpc) is 2.96. The standard InChI is InChI=1S/C15H23NO3/c1-17-16-14(13-7-3-2-4-8-13)9-5-6-10-15-18-11-12-19-15/h2-4,7-8,14-16H,5-6,9-12H2,1H3. The Morgan fingerprint density at radius 1 is 1.21 bits per heavy atom. The molecule has 1 saturated heterocycles. The van der Waals surface area contributed by atoms with Crippen LogP contribution in [0.2, 0.25) is 0 Å². The summed E-state index contributed by atoms with van der Waals surface area (Å²) in [6.45, 7) is 1.48. The summed E-state index contributed by atoms with van der Waals surface area (Å²) in [7, 11) is 1.66. The molecule has 1 aliphatic rings. The smallest absolute Gasteiger partial charge is 0.157 e. The lowest BCUT2D eigenvalue weighted by atomic mass is 10.0. The van der Waals surface area contributed by atoms with Crippen molar-refractivity contribution in [2.24, 2.45) is 0 Å². The van der Waals surface area contributed by atoms with Gasteiger partial charge in [-0.1, -0.05) is 36.8 Å². The van der Waals surface area contributed by atoms with Crippen LogP contribution < -0.4 is 5.48 Å². The van der Waals surface area contributed by atoms with Crippen LogP contribution in [0.4, 0.5) is 0 Å². The van der Waals surface area contributed by atoms with E-state index in [0.717, 1.165) is 38.9 Å². The maximum Gasteiger partial charge on any atom is 0.157 e. The molecular formula is C15H23NO3. The summed E-state index contributed by atoms with van der Waals surface area (Å²) in [5.74, 6) is 0. The molecule has 1 heterocycles. The largest absolute Gasteiger partial charge is 0.350 e. The molecule has 1 fully saturated rings. The maximum absolute atomic E-state index is 5.43. The molecule has 1 unspecified atom stereocenters. The quantitative estimate of drug-likeness (QED) is 0.579. The number of rotatable bonds is 8. The second-order valence-electron chi connectivity index (χ2n) is 4.74. The Bertz CT molecular complexity index is 339. The Balaban J connectivity index is 1.71. The summed E-state index contributed by atoms with van der Waals surface area (Å²) in [5.41, 5.74) is 4.33. The van der Waals surface area contributed by atoms with Gasteiger partial charge in [0.1, 0.15) is 0 Å². The predicted molar refractivity (Wildman–Crippen MR) is 73.5 cm³/mol. The van der Waals surface area contributed by atoms with Crippen LogP contribution in [-0.4, -0.2) is 26.6 Å². The molecule has 0 radical (unpaired) electrons. The van der Waals surface area contributed by atoms with Crippen LogP contribution in [0.1, 0.15) is 37.3 Å². The first-order chi connectivity index (χ1) is 9.40. The van der Waals surface area contributed by atoms with Crippen LogP contribution in [-0.2, 0) is 14.3 Å². The molecule has 0 aliphatic carbocycles. The van der Waals surface area contributed by atoms with Crippen LogP contribution in [0, 0.1) is 0 Å². The molecule has 1 N–H and O–H groups in total. The van der Waals surface area contributed by atoms with Gasteiger partial charge in [0.15, 0.2) is 6.29 Å². The third-order valence-corrected chi connectivity index (χ3v) is 3.34. The van der Waals surface area contributed by atoms with Crippen molar-refractivity contribution in [2.45, 2.75) is 38.0 Å². The van der Waals surface area contributed by atoms with Gasteiger partial charge in [0, 0.05) is 0 Å². The van der Waals surface area contributed by atoms with Crippen molar-refractivity contribution in [2.75, 3.05) is 20.3 Å². The molecule has 2 rings (SSSR count). The van der Waals surface area contributed by atoms with E-state index >= 15 is 0 Å². The molecule has 4 nitrogen and oxygen atoms in total. The van der Waals surface area contributed by atoms with Crippen molar-refractivity contribution in [3.8, 4) is 0 Å². The number of ether oxygens (including phenoxy) is 2. The van der Waals surface area contributed by atoms with Crippen LogP contribution in [0.15, 0.2) is 30.3 Å². The first-order valence-corrected chi connectivity index (χ1v) is 6.97. The fourth-order valence-electron chi connectivity index (χ4n) is 2.35. The second kappa shape index (κ2) is 8.27. The Morgan fingerprint density at radius 2 is 1.95 bits per heavy atom. The summed E-state index contributed by atoms with van der Waals surface area (Å²) in [6.07, 6.45) is 4.28. The fraction of sp³-hybridized carbons (Fsp3) is 0.600. The molecule has 4 heteroatoms. The topological polar surface area (TPSA) is 39.7 Å². The minimum atomic E-state index is 0.0190. The number of hydrogen-bond acceptors (Lipinski definition) is 4. The van der Waals surface area contributed by atoms with Crippen molar-refractivity contribution in [1.82, 2.24) is 5.48 Å². The summed E-state index contributed by atoms with van der Waals surface area (Å²) >= 11 is 0. The van der Waals surface area contributed by atoms with Gasteiger partial charge in [-0.25, -0.2) is 0 Å². The summed E-state index contributed by atoms with van der Waals surface area (Å²) in [4.78, 5) is 5.09. The zero-order chi connectivity index (χ0) is 13.3. The van der Waals surface area contributed by atoms with Crippen molar-refractivity contribution >= 4 is 0 Å². The first-order valence-electron chi connectivity index (χ1n) is 6.97. The van der Waals surface area contributed by atoms with Gasteiger partial charge in [-0.05, 0) is 24.8 Å². The number of unbranched alkanes of at least 4 members (excludes halogenated alkanes) is 1. The average molecular weight is 265 g/mol. The van der Waals surface area contributed by atoms with E-state index in [2.05, 4.69) is 29.7 Å². The van der Waals surface area contributed by atoms with E-state index in [0.29, 0.717) is 0 Å². The molecular weight excluding hydrogens is 242 g/mol. The summed E-state index contributed by atoms with van der Waals surface area (Å²) < 4.78 is 10.9. The predicted octanol–water partition coefficient (Wildman–Crippen LogP) is 2.81. The molecule has 1 aromatic rings. The normalized spacial score (nSPS) is 17.7. The minimum absolute atomic E-state index is 0.0190. The Kier molecular flexibility index (Phi) is 6.30. The van der Waals surface area contributed by atoms with E-state index in [1.54, 1.807) is 7.11 Å². The minimum Gasteiger partial charge on any atom is -0.350 e. The number of hydrogen-bond donors (Lipinski definition) is 1. The van der Waals surface area contributed by atoms with Crippen molar-refractivity contribution in [3.63, 3.8) is 0 Å². The highest BCUT2D eigenvalue weighted by molar-refractivity contribution is 5.18. The van der Waals surface area contributed by atoms with Crippen molar-refractivity contribution in [1.29, 1.82) is 0 Å². The van der Waals surface area contributed by atoms with Crippen LogP contribution >= 0.6 is 0 Å². The lowest BCUT2D eigenvalue weighted by Crippen LogP contribution is -2.20. The zero-order valence-electron chi connectivity index (χ0n) is 11.5. The number of hydroxylamine groups is 1. The van der Waals surface area contributed by atoms with Gasteiger partial charge in [-0.2, -0.15) is 5.48 Å². The molecule has 1 aromatic carbocycles. The molecule has 0 spiro atoms. The van der Waals surface area contributed by atoms with Gasteiger partial charge in [0.05, 0.1) is 26.4 Å². The van der Waals surface area contributed by atoms with E-state index in [9.17, 15) is 0 Å². The van der Waals surface area contributed by atoms with Gasteiger partial charge in [0.2, 0.25) is 0 Å². The number of benzene rings is 1. The fourth-order valence-corrected chi connectivity index (χ4v) is 2.35. The van der Waals surface area contributed by atoms with Crippen molar-refractivity contribution in [3.05, 3.63) is 35.9 Å². The third-order valence-electron chi connectivity index (χ3n) is 3.34. The summed E-state index contributed by atoms with van der Waals surface area (Å²) in [5, 5.41) is 0. The van der Waals surface area contributed by atoms with Crippen LogP contribution in [0.25, 0.3) is 0 Å². The van der Waals surface area contributed by atoms with E-state index in [4.69, 9.17) is 14.3 Å². The van der Waals surface area contributed by atoms with Crippen LogP contribution in [0.3, 0.4) is 0 Å². The van der Waals surface area contributed by atoms with Gasteiger partial charge in [0.25, 0.3) is 0 Å². The maximum atomic E-state index is 5.43. The Hall–Kier alpha value is -0.940. The molecule has 0 bridgehead atoms. The SMILES string of the molecule is CONC(CCCCC1OCCO1)c1ccccc1. The highest BCUT2D eigenvalue weighted by atomic mass is 16.7. The lowest BCUT2D eigenvalue weighted by Gasteiger charge is -2.18. The van der Waals surface area contributed by atoms with Crippen LogP contribution in [0.5, 0.6) is 0 Å². The van der Waals surface area contributed by atoms with Gasteiger partial charge < -0.3 is 14.3 Å². The highest BCUT2D eigenvalue weighted by Gasteiger charge is 2.16. The molecule has 106 valence electrons. The highest BCUT2D eigenvalue weighted by Crippen LogP contribution is 2.21. The number of nitrogens with one attached hydrogen (secondary N) is 1. The van der Waals surface area contributed by atoms with Crippen molar-refractivity contribution < 1.29 is 14.3 Å². The molecule has 19 heavy (non-hydrogen) atoms. The Morgan fingerprint density at radius 3 is 2.63 bits per heavy atom. The van der Waals surface area contributed by atoms with E-state index in [1.165, 1.54) is 5.56 Å². The molecule has 1 aliphatic heterocycles. The lowest BCUT2D eigenvalue weighted by molar-refractivity contribution is -0.0482. The Labute approximate surface area is 115 Å². The summed E-state index contributed by atoms with van der Waals surface area (Å²) in [6, 6.07) is 10.6. The molecule has 0 amide bonds. The van der Waals surface area contributed by atoms with Gasteiger partial charge in [-0.3, -0.25) is 0 Å². The van der Waals surface area contributed by atoms with Gasteiger partial charge >= 0.3 is 0 Å². The third kappa shape index (κ3) is 4.91. The van der Waals surface area contributed by atoms with E-state index < -0.39 is 0 Å². The second-order valence-corrected chi connectivity index (χ2v) is 4.74. The van der Waals surface area contributed by atoms with E-state index in [-0.39, 0.29) is 12.3 Å².